The molecule has 0 spiro atoms. The molecule has 1 rings (SSSR count). The zero-order chi connectivity index (χ0) is 20.3. The third kappa shape index (κ3) is 13.8. The Balaban J connectivity index is 1.71. The molecule has 0 saturated carbocycles. The molecule has 0 aliphatic carbocycles. The van der Waals surface area contributed by atoms with Gasteiger partial charge in [0.25, 0.3) is 0 Å². The van der Waals surface area contributed by atoms with Gasteiger partial charge in [-0.3, -0.25) is 4.79 Å². The van der Waals surface area contributed by atoms with Crippen LogP contribution in [-0.4, -0.2) is 24.5 Å². The van der Waals surface area contributed by atoms with Gasteiger partial charge in [-0.15, -0.1) is 6.58 Å². The van der Waals surface area contributed by atoms with Crippen molar-refractivity contribution in [3.05, 3.63) is 12.7 Å². The number of rotatable bonds is 19. The molecule has 162 valence electrons. The van der Waals surface area contributed by atoms with Crippen molar-refractivity contribution in [2.24, 2.45) is 0 Å². The largest absolute Gasteiger partial charge is 0.464 e. The van der Waals surface area contributed by atoms with E-state index in [2.05, 4.69) is 11.9 Å². The average Bonchev–Trinajstić information content (AvgIpc) is 3.13. The van der Waals surface area contributed by atoms with Crippen molar-refractivity contribution >= 4 is 11.9 Å². The molecule has 1 amide bonds. The summed E-state index contributed by atoms with van der Waals surface area (Å²) in [6.45, 7) is 4.25. The van der Waals surface area contributed by atoms with E-state index in [4.69, 9.17) is 4.74 Å². The van der Waals surface area contributed by atoms with Gasteiger partial charge in [0.15, 0.2) is 0 Å². The van der Waals surface area contributed by atoms with Crippen LogP contribution in [-0.2, 0) is 14.3 Å². The Hall–Kier alpha value is -1.32. The molecule has 0 bridgehead atoms. The van der Waals surface area contributed by atoms with Crippen LogP contribution in [0.3, 0.4) is 0 Å². The summed E-state index contributed by atoms with van der Waals surface area (Å²) in [4.78, 5) is 22.8. The molecule has 1 fully saturated rings. The number of nitrogens with one attached hydrogen (secondary N) is 1. The predicted octanol–water partition coefficient (Wildman–Crippen LogP) is 6.24. The SMILES string of the molecule is C=CCCCCCCCCCCCCCCCCCOC(=O)[C@@H]1CCC(=O)N1. The average molecular weight is 394 g/mol. The minimum absolute atomic E-state index is 0.0446. The normalized spacial score (nSPS) is 16.1. The highest BCUT2D eigenvalue weighted by Gasteiger charge is 2.28. The van der Waals surface area contributed by atoms with E-state index in [0.29, 0.717) is 19.4 Å². The zero-order valence-corrected chi connectivity index (χ0v) is 18.0. The molecule has 1 aliphatic heterocycles. The van der Waals surface area contributed by atoms with Crippen LogP contribution in [0.4, 0.5) is 0 Å². The van der Waals surface area contributed by atoms with Crippen LogP contribution >= 0.6 is 0 Å². The van der Waals surface area contributed by atoms with Crippen LogP contribution in [0.15, 0.2) is 12.7 Å². The van der Waals surface area contributed by atoms with E-state index in [1.54, 1.807) is 0 Å². The Bertz CT molecular complexity index is 422. The van der Waals surface area contributed by atoms with Crippen molar-refractivity contribution in [2.45, 2.75) is 122 Å². The van der Waals surface area contributed by atoms with Crippen LogP contribution in [0.25, 0.3) is 0 Å². The summed E-state index contributed by atoms with van der Waals surface area (Å²) in [7, 11) is 0. The minimum Gasteiger partial charge on any atom is -0.464 e. The second-order valence-corrected chi connectivity index (χ2v) is 8.21. The monoisotopic (exact) mass is 393 g/mol. The number of carbonyl (C=O) groups is 2. The summed E-state index contributed by atoms with van der Waals surface area (Å²) >= 11 is 0. The van der Waals surface area contributed by atoms with Crippen LogP contribution in [0.1, 0.15) is 116 Å². The second-order valence-electron chi connectivity index (χ2n) is 8.21. The molecule has 28 heavy (non-hydrogen) atoms. The van der Waals surface area contributed by atoms with Crippen LogP contribution < -0.4 is 5.32 Å². The highest BCUT2D eigenvalue weighted by Crippen LogP contribution is 2.14. The van der Waals surface area contributed by atoms with Gasteiger partial charge in [-0.2, -0.15) is 0 Å². The van der Waals surface area contributed by atoms with Crippen molar-refractivity contribution in [3.8, 4) is 0 Å². The minimum atomic E-state index is -0.408. The first kappa shape index (κ1) is 24.7. The molecule has 1 saturated heterocycles. The maximum absolute atomic E-state index is 11.7. The lowest BCUT2D eigenvalue weighted by Gasteiger charge is -2.09. The molecular weight excluding hydrogens is 350 g/mol. The molecule has 4 nitrogen and oxygen atoms in total. The number of hydrogen-bond acceptors (Lipinski definition) is 3. The molecule has 1 heterocycles. The zero-order valence-electron chi connectivity index (χ0n) is 18.0. The fraction of sp³-hybridized carbons (Fsp3) is 0.833. The lowest BCUT2D eigenvalue weighted by molar-refractivity contribution is -0.146. The first-order chi connectivity index (χ1) is 13.7. The summed E-state index contributed by atoms with van der Waals surface area (Å²) in [6.07, 6.45) is 23.9. The van der Waals surface area contributed by atoms with E-state index < -0.39 is 6.04 Å². The van der Waals surface area contributed by atoms with Crippen LogP contribution in [0, 0.1) is 0 Å². The van der Waals surface area contributed by atoms with Gasteiger partial charge in [-0.1, -0.05) is 89.5 Å². The molecule has 1 atom stereocenters. The van der Waals surface area contributed by atoms with E-state index in [1.807, 2.05) is 6.08 Å². The summed E-state index contributed by atoms with van der Waals surface area (Å²) in [5.74, 6) is -0.310. The molecule has 1 N–H and O–H groups in total. The third-order valence-electron chi connectivity index (χ3n) is 5.58. The Kier molecular flexibility index (Phi) is 15.7. The highest BCUT2D eigenvalue weighted by atomic mass is 16.5. The molecule has 0 aromatic rings. The molecule has 0 radical (unpaired) electrons. The van der Waals surface area contributed by atoms with Gasteiger partial charge < -0.3 is 10.1 Å². The molecule has 4 heteroatoms. The third-order valence-corrected chi connectivity index (χ3v) is 5.58. The summed E-state index contributed by atoms with van der Waals surface area (Å²) in [5.41, 5.74) is 0. The Morgan fingerprint density at radius 1 is 0.857 bits per heavy atom. The summed E-state index contributed by atoms with van der Waals surface area (Å²) in [5, 5.41) is 2.65. The van der Waals surface area contributed by atoms with Gasteiger partial charge in [0.1, 0.15) is 6.04 Å². The van der Waals surface area contributed by atoms with Crippen molar-refractivity contribution in [1.82, 2.24) is 5.32 Å². The molecule has 0 aromatic heterocycles. The van der Waals surface area contributed by atoms with Gasteiger partial charge in [0.05, 0.1) is 6.61 Å². The Morgan fingerprint density at radius 2 is 1.32 bits per heavy atom. The van der Waals surface area contributed by atoms with Gasteiger partial charge in [0.2, 0.25) is 5.91 Å². The lowest BCUT2D eigenvalue weighted by Crippen LogP contribution is -2.34. The molecule has 0 unspecified atom stereocenters. The first-order valence-corrected chi connectivity index (χ1v) is 11.8. The maximum atomic E-state index is 11.7. The van der Waals surface area contributed by atoms with E-state index in [-0.39, 0.29) is 11.9 Å². The Morgan fingerprint density at radius 3 is 1.75 bits per heavy atom. The Labute approximate surface area is 172 Å². The standard InChI is InChI=1S/C24H43NO3/c1-2-3-4-5-6-7-8-9-10-11-12-13-14-15-16-17-18-21-28-24(27)22-19-20-23(26)25-22/h2,22H,1,3-21H2,(H,25,26)/t22-/m0/s1. The van der Waals surface area contributed by atoms with E-state index in [1.165, 1.54) is 89.9 Å². The molecule has 0 aromatic carbocycles. The smallest absolute Gasteiger partial charge is 0.328 e. The first-order valence-electron chi connectivity index (χ1n) is 11.8. The topological polar surface area (TPSA) is 55.4 Å². The summed E-state index contributed by atoms with van der Waals surface area (Å²) in [6, 6.07) is -0.408. The number of allylic oxidation sites excluding steroid dienone is 1. The molecule has 1 aliphatic rings. The van der Waals surface area contributed by atoms with Gasteiger partial charge in [-0.25, -0.2) is 4.79 Å². The number of ether oxygens (including phenoxy) is 1. The van der Waals surface area contributed by atoms with Crippen molar-refractivity contribution < 1.29 is 14.3 Å². The van der Waals surface area contributed by atoms with E-state index in [9.17, 15) is 9.59 Å². The quantitative estimate of drug-likeness (QED) is 0.161. The van der Waals surface area contributed by atoms with Crippen molar-refractivity contribution in [3.63, 3.8) is 0 Å². The van der Waals surface area contributed by atoms with Crippen molar-refractivity contribution in [2.75, 3.05) is 6.61 Å². The predicted molar refractivity (Wildman–Crippen MR) is 116 cm³/mol. The summed E-state index contributed by atoms with van der Waals surface area (Å²) < 4.78 is 5.24. The van der Waals surface area contributed by atoms with E-state index in [0.717, 1.165) is 12.8 Å². The van der Waals surface area contributed by atoms with Gasteiger partial charge >= 0.3 is 5.97 Å². The number of esters is 1. The number of amides is 1. The fourth-order valence-corrected chi connectivity index (χ4v) is 3.75. The van der Waals surface area contributed by atoms with Crippen molar-refractivity contribution in [1.29, 1.82) is 0 Å². The molecular formula is C24H43NO3. The highest BCUT2D eigenvalue weighted by molar-refractivity contribution is 5.87. The second kappa shape index (κ2) is 17.8. The number of carbonyl (C=O) groups excluding carboxylic acids is 2. The van der Waals surface area contributed by atoms with Gasteiger partial charge in [-0.05, 0) is 25.7 Å². The number of hydrogen-bond donors (Lipinski definition) is 1. The maximum Gasteiger partial charge on any atom is 0.328 e. The fourth-order valence-electron chi connectivity index (χ4n) is 3.75. The van der Waals surface area contributed by atoms with Crippen LogP contribution in [0.2, 0.25) is 0 Å². The number of unbranched alkanes of at least 4 members (excludes halogenated alkanes) is 15. The van der Waals surface area contributed by atoms with Gasteiger partial charge in [0, 0.05) is 6.42 Å². The van der Waals surface area contributed by atoms with E-state index >= 15 is 0 Å². The lowest BCUT2D eigenvalue weighted by atomic mass is 10.0. The van der Waals surface area contributed by atoms with Crippen LogP contribution in [0.5, 0.6) is 0 Å².